The zero-order chi connectivity index (χ0) is 6.10. The van der Waals surface area contributed by atoms with Crippen LogP contribution in [0, 0.1) is 0 Å². The maximum absolute atomic E-state index is 5.14. The minimum absolute atomic E-state index is 0.678. The first-order valence-corrected chi connectivity index (χ1v) is 2.87. The summed E-state index contributed by atoms with van der Waals surface area (Å²) in [5, 5.41) is 0. The molecular formula is C6H7N2O+. The van der Waals surface area contributed by atoms with E-state index in [0.29, 0.717) is 13.3 Å². The fourth-order valence-electron chi connectivity index (χ4n) is 0.913. The maximum atomic E-state index is 5.14. The highest BCUT2D eigenvalue weighted by molar-refractivity contribution is 4.84. The summed E-state index contributed by atoms with van der Waals surface area (Å²) < 4.78 is 7.17. The predicted molar refractivity (Wildman–Crippen MR) is 29.2 cm³/mol. The van der Waals surface area contributed by atoms with Gasteiger partial charge in [0.1, 0.15) is 6.61 Å². The zero-order valence-corrected chi connectivity index (χ0v) is 4.95. The van der Waals surface area contributed by atoms with E-state index in [1.54, 1.807) is 6.20 Å². The lowest BCUT2D eigenvalue weighted by Gasteiger charge is -1.83. The number of rotatable bonds is 0. The van der Waals surface area contributed by atoms with Gasteiger partial charge in [-0.15, -0.1) is 0 Å². The van der Waals surface area contributed by atoms with Crippen molar-refractivity contribution < 1.29 is 9.30 Å². The number of hydrogen-bond acceptors (Lipinski definition) is 2. The molecule has 0 spiro atoms. The number of ether oxygens (including phenoxy) is 1. The molecule has 0 N–H and O–H groups in total. The third kappa shape index (κ3) is 0.695. The highest BCUT2D eigenvalue weighted by Crippen LogP contribution is 1.98. The molecule has 9 heavy (non-hydrogen) atoms. The van der Waals surface area contributed by atoms with Gasteiger partial charge in [-0.05, 0) is 0 Å². The van der Waals surface area contributed by atoms with Crippen molar-refractivity contribution in [3.05, 3.63) is 24.3 Å². The summed E-state index contributed by atoms with van der Waals surface area (Å²) in [6.07, 6.45) is 5.51. The van der Waals surface area contributed by atoms with E-state index in [-0.39, 0.29) is 0 Å². The quantitative estimate of drug-likeness (QED) is 0.449. The molecule has 0 atom stereocenters. The smallest absolute Gasteiger partial charge is 0.253 e. The van der Waals surface area contributed by atoms with Gasteiger partial charge >= 0.3 is 0 Å². The van der Waals surface area contributed by atoms with Crippen LogP contribution in [0.4, 0.5) is 0 Å². The van der Waals surface area contributed by atoms with Crippen LogP contribution in [0.15, 0.2) is 18.6 Å². The van der Waals surface area contributed by atoms with E-state index in [0.717, 1.165) is 5.69 Å². The van der Waals surface area contributed by atoms with Crippen molar-refractivity contribution in [2.75, 3.05) is 0 Å². The first kappa shape index (κ1) is 4.88. The van der Waals surface area contributed by atoms with Crippen LogP contribution in [0.2, 0.25) is 0 Å². The largest absolute Gasteiger partial charge is 0.312 e. The van der Waals surface area contributed by atoms with E-state index in [9.17, 15) is 0 Å². The second kappa shape index (κ2) is 1.77. The van der Waals surface area contributed by atoms with Crippen molar-refractivity contribution in [2.45, 2.75) is 13.3 Å². The van der Waals surface area contributed by atoms with E-state index < -0.39 is 0 Å². The maximum Gasteiger partial charge on any atom is 0.253 e. The topological polar surface area (TPSA) is 26.0 Å². The Balaban J connectivity index is 2.54. The van der Waals surface area contributed by atoms with Crippen LogP contribution in [-0.2, 0) is 18.1 Å². The van der Waals surface area contributed by atoms with Gasteiger partial charge < -0.3 is 4.74 Å². The molecule has 3 nitrogen and oxygen atoms in total. The van der Waals surface area contributed by atoms with Crippen molar-refractivity contribution in [1.82, 2.24) is 4.98 Å². The van der Waals surface area contributed by atoms with Gasteiger partial charge in [-0.2, -0.15) is 4.57 Å². The number of fused-ring (bicyclic) bond motifs is 1. The molecule has 2 heterocycles. The van der Waals surface area contributed by atoms with Gasteiger partial charge in [0.05, 0.1) is 12.4 Å². The monoisotopic (exact) mass is 123 g/mol. The Morgan fingerprint density at radius 2 is 2.67 bits per heavy atom. The SMILES string of the molecule is c1c[n+]2c(cn1)COC2. The molecule has 0 aliphatic carbocycles. The third-order valence-electron chi connectivity index (χ3n) is 1.41. The Bertz CT molecular complexity index is 201. The first-order chi connectivity index (χ1) is 4.47. The predicted octanol–water partition coefficient (Wildman–Crippen LogP) is -0.143. The van der Waals surface area contributed by atoms with Gasteiger partial charge in [-0.1, -0.05) is 0 Å². The molecule has 1 aliphatic heterocycles. The standard InChI is InChI=1S/C6H7N2O/c1-2-8-5-9-4-6(8)3-7-1/h1-3H,4-5H2/q+1. The molecule has 0 amide bonds. The van der Waals surface area contributed by atoms with Crippen LogP contribution in [-0.4, -0.2) is 4.98 Å². The molecular weight excluding hydrogens is 116 g/mol. The summed E-state index contributed by atoms with van der Waals surface area (Å²) in [7, 11) is 0. The van der Waals surface area contributed by atoms with Crippen LogP contribution in [0.1, 0.15) is 5.69 Å². The Hall–Kier alpha value is -0.960. The van der Waals surface area contributed by atoms with Gasteiger partial charge in [-0.25, -0.2) is 0 Å². The van der Waals surface area contributed by atoms with Gasteiger partial charge in [-0.3, -0.25) is 4.98 Å². The molecule has 3 heteroatoms. The van der Waals surface area contributed by atoms with Gasteiger partial charge in [0.25, 0.3) is 6.73 Å². The van der Waals surface area contributed by atoms with Crippen molar-refractivity contribution in [2.24, 2.45) is 0 Å². The lowest BCUT2D eigenvalue weighted by atomic mass is 10.5. The summed E-state index contributed by atoms with van der Waals surface area (Å²) in [6.45, 7) is 1.38. The normalized spacial score (nSPS) is 15.6. The molecule has 0 saturated carbocycles. The molecule has 0 saturated heterocycles. The van der Waals surface area contributed by atoms with Crippen LogP contribution in [0.3, 0.4) is 0 Å². The molecule has 0 unspecified atom stereocenters. The van der Waals surface area contributed by atoms with Crippen LogP contribution >= 0.6 is 0 Å². The van der Waals surface area contributed by atoms with Gasteiger partial charge in [0.15, 0.2) is 6.20 Å². The molecule has 46 valence electrons. The second-order valence-corrected chi connectivity index (χ2v) is 2.01. The number of hydrogen-bond donors (Lipinski definition) is 0. The van der Waals surface area contributed by atoms with Crippen molar-refractivity contribution >= 4 is 0 Å². The molecule has 2 rings (SSSR count). The Morgan fingerprint density at radius 1 is 1.67 bits per heavy atom. The summed E-state index contributed by atoms with van der Waals surface area (Å²) in [5.74, 6) is 0. The van der Waals surface area contributed by atoms with E-state index >= 15 is 0 Å². The first-order valence-electron chi connectivity index (χ1n) is 2.87. The average Bonchev–Trinajstić information content (AvgIpc) is 2.33. The van der Waals surface area contributed by atoms with E-state index in [4.69, 9.17) is 4.74 Å². The van der Waals surface area contributed by atoms with Gasteiger partial charge in [0.2, 0.25) is 5.69 Å². The molecule has 1 aromatic rings. The highest BCUT2D eigenvalue weighted by atomic mass is 16.5. The second-order valence-electron chi connectivity index (χ2n) is 2.01. The number of aromatic nitrogens is 2. The van der Waals surface area contributed by atoms with Crippen LogP contribution < -0.4 is 4.57 Å². The van der Waals surface area contributed by atoms with Gasteiger partial charge in [0, 0.05) is 0 Å². The lowest BCUT2D eigenvalue weighted by molar-refractivity contribution is -0.714. The Labute approximate surface area is 52.9 Å². The summed E-state index contributed by atoms with van der Waals surface area (Å²) in [6, 6.07) is 0. The van der Waals surface area contributed by atoms with E-state index in [2.05, 4.69) is 4.98 Å². The molecule has 1 aliphatic rings. The molecule has 0 radical (unpaired) electrons. The fourth-order valence-corrected chi connectivity index (χ4v) is 0.913. The lowest BCUT2D eigenvalue weighted by Crippen LogP contribution is -2.32. The molecule has 1 aromatic heterocycles. The Kier molecular flexibility index (Phi) is 0.960. The van der Waals surface area contributed by atoms with Crippen LogP contribution in [0.5, 0.6) is 0 Å². The van der Waals surface area contributed by atoms with Crippen molar-refractivity contribution in [3.8, 4) is 0 Å². The van der Waals surface area contributed by atoms with Crippen LogP contribution in [0.25, 0.3) is 0 Å². The summed E-state index contributed by atoms with van der Waals surface area (Å²) in [4.78, 5) is 3.96. The summed E-state index contributed by atoms with van der Waals surface area (Å²) in [5.41, 5.74) is 1.15. The fraction of sp³-hybridized carbons (Fsp3) is 0.333. The molecule has 0 bridgehead atoms. The summed E-state index contributed by atoms with van der Waals surface area (Å²) >= 11 is 0. The van der Waals surface area contributed by atoms with Crippen molar-refractivity contribution in [1.29, 1.82) is 0 Å². The minimum Gasteiger partial charge on any atom is -0.312 e. The minimum atomic E-state index is 0.678. The van der Waals surface area contributed by atoms with E-state index in [1.807, 2.05) is 17.0 Å². The zero-order valence-electron chi connectivity index (χ0n) is 4.95. The van der Waals surface area contributed by atoms with Crippen molar-refractivity contribution in [3.63, 3.8) is 0 Å². The third-order valence-corrected chi connectivity index (χ3v) is 1.41. The molecule has 0 fully saturated rings. The molecule has 0 aromatic carbocycles. The number of nitrogens with zero attached hydrogens (tertiary/aromatic N) is 2. The van der Waals surface area contributed by atoms with E-state index in [1.165, 1.54) is 0 Å². The average molecular weight is 123 g/mol. The highest BCUT2D eigenvalue weighted by Gasteiger charge is 2.16. The Morgan fingerprint density at radius 3 is 3.56 bits per heavy atom.